The predicted octanol–water partition coefficient (Wildman–Crippen LogP) is 1.99. The summed E-state index contributed by atoms with van der Waals surface area (Å²) < 4.78 is 41.3. The van der Waals surface area contributed by atoms with Gasteiger partial charge in [-0.25, -0.2) is 17.5 Å². The molecule has 1 aliphatic carbocycles. The van der Waals surface area contributed by atoms with Crippen LogP contribution in [0.25, 0.3) is 0 Å². The quantitative estimate of drug-likeness (QED) is 0.852. The summed E-state index contributed by atoms with van der Waals surface area (Å²) in [6.07, 6.45) is 1.89. The van der Waals surface area contributed by atoms with Crippen LogP contribution in [0.4, 0.5) is 4.39 Å². The Morgan fingerprint density at radius 3 is 2.63 bits per heavy atom. The Labute approximate surface area is 120 Å². The molecule has 1 aliphatic rings. The van der Waals surface area contributed by atoms with Gasteiger partial charge in [-0.15, -0.1) is 0 Å². The zero-order valence-electron chi connectivity index (χ0n) is 10.5. The van der Waals surface area contributed by atoms with Gasteiger partial charge in [-0.3, -0.25) is 0 Å². The van der Waals surface area contributed by atoms with Crippen LogP contribution in [-0.4, -0.2) is 20.5 Å². The number of hydrogen-bond acceptors (Lipinski definition) is 3. The molecule has 1 aromatic rings. The van der Waals surface area contributed by atoms with Gasteiger partial charge in [-0.2, -0.15) is 0 Å². The van der Waals surface area contributed by atoms with Crippen LogP contribution >= 0.6 is 15.9 Å². The van der Waals surface area contributed by atoms with Gasteiger partial charge in [-0.1, -0.05) is 15.9 Å². The van der Waals surface area contributed by atoms with Crippen molar-refractivity contribution in [3.8, 4) is 0 Å². The van der Waals surface area contributed by atoms with E-state index in [2.05, 4.69) is 20.7 Å². The van der Waals surface area contributed by atoms with Gasteiger partial charge < -0.3 is 5.73 Å². The third-order valence-electron chi connectivity index (χ3n) is 3.45. The van der Waals surface area contributed by atoms with Gasteiger partial charge in [0.25, 0.3) is 0 Å². The van der Waals surface area contributed by atoms with Crippen molar-refractivity contribution in [2.24, 2.45) is 11.7 Å². The van der Waals surface area contributed by atoms with E-state index in [0.717, 1.165) is 18.9 Å². The van der Waals surface area contributed by atoms with Crippen LogP contribution in [-0.2, 0) is 10.0 Å². The van der Waals surface area contributed by atoms with Crippen LogP contribution in [0, 0.1) is 11.7 Å². The average molecular weight is 351 g/mol. The molecule has 1 unspecified atom stereocenters. The van der Waals surface area contributed by atoms with Crippen molar-refractivity contribution in [2.75, 3.05) is 6.54 Å². The highest BCUT2D eigenvalue weighted by atomic mass is 79.9. The van der Waals surface area contributed by atoms with Crippen LogP contribution in [0.5, 0.6) is 0 Å². The summed E-state index contributed by atoms with van der Waals surface area (Å²) in [6, 6.07) is 3.87. The second-order valence-electron chi connectivity index (χ2n) is 5.08. The summed E-state index contributed by atoms with van der Waals surface area (Å²) in [4.78, 5) is -0.351. The van der Waals surface area contributed by atoms with Crippen LogP contribution in [0.3, 0.4) is 0 Å². The van der Waals surface area contributed by atoms with Crippen molar-refractivity contribution >= 4 is 26.0 Å². The van der Waals surface area contributed by atoms with E-state index in [1.54, 1.807) is 6.92 Å². The van der Waals surface area contributed by atoms with E-state index in [1.165, 1.54) is 12.1 Å². The highest BCUT2D eigenvalue weighted by molar-refractivity contribution is 9.10. The van der Waals surface area contributed by atoms with E-state index in [9.17, 15) is 12.8 Å². The van der Waals surface area contributed by atoms with E-state index >= 15 is 0 Å². The first kappa shape index (κ1) is 14.9. The van der Waals surface area contributed by atoms with Crippen molar-refractivity contribution in [1.29, 1.82) is 0 Å². The third kappa shape index (κ3) is 3.16. The summed E-state index contributed by atoms with van der Waals surface area (Å²) in [5, 5.41) is 0. The lowest BCUT2D eigenvalue weighted by atomic mass is 9.98. The smallest absolute Gasteiger partial charge is 0.244 e. The molecule has 2 rings (SSSR count). The van der Waals surface area contributed by atoms with E-state index in [1.807, 2.05) is 0 Å². The molecule has 0 heterocycles. The number of rotatable bonds is 5. The monoisotopic (exact) mass is 350 g/mol. The largest absolute Gasteiger partial charge is 0.329 e. The Hall–Kier alpha value is -0.500. The van der Waals surface area contributed by atoms with Crippen molar-refractivity contribution < 1.29 is 12.8 Å². The molecule has 1 saturated carbocycles. The first-order valence-electron chi connectivity index (χ1n) is 5.97. The van der Waals surface area contributed by atoms with Crippen LogP contribution in [0.2, 0.25) is 0 Å². The first-order valence-corrected chi connectivity index (χ1v) is 8.25. The molecule has 0 amide bonds. The lowest BCUT2D eigenvalue weighted by molar-refractivity contribution is 0.373. The predicted molar refractivity (Wildman–Crippen MR) is 74.6 cm³/mol. The molecule has 0 bridgehead atoms. The molecule has 7 heteroatoms. The highest BCUT2D eigenvalue weighted by Crippen LogP contribution is 2.39. The molecule has 106 valence electrons. The van der Waals surface area contributed by atoms with Gasteiger partial charge in [0.1, 0.15) is 10.7 Å². The highest BCUT2D eigenvalue weighted by Gasteiger charge is 2.43. The van der Waals surface area contributed by atoms with E-state index in [4.69, 9.17) is 5.73 Å². The molecule has 1 fully saturated rings. The standard InChI is InChI=1S/C12H16BrFN2O2S/c1-12(7-15,8-2-3-8)16-19(17,18)11-5-4-9(13)6-10(11)14/h4-6,8,16H,2-3,7,15H2,1H3. The minimum atomic E-state index is -3.91. The van der Waals surface area contributed by atoms with Gasteiger partial charge in [0, 0.05) is 16.6 Å². The number of benzene rings is 1. The molecular formula is C12H16BrFN2O2S. The average Bonchev–Trinajstić information content (AvgIpc) is 3.11. The fourth-order valence-electron chi connectivity index (χ4n) is 2.07. The van der Waals surface area contributed by atoms with Gasteiger partial charge >= 0.3 is 0 Å². The number of sulfonamides is 1. The third-order valence-corrected chi connectivity index (χ3v) is 5.59. The van der Waals surface area contributed by atoms with Crippen molar-refractivity contribution in [1.82, 2.24) is 4.72 Å². The normalized spacial score (nSPS) is 19.2. The fraction of sp³-hybridized carbons (Fsp3) is 0.500. The second kappa shape index (κ2) is 5.12. The SMILES string of the molecule is CC(CN)(NS(=O)(=O)c1ccc(Br)cc1F)C1CC1. The summed E-state index contributed by atoms with van der Waals surface area (Å²) in [5.74, 6) is -0.553. The zero-order chi connectivity index (χ0) is 14.3. The Bertz CT molecular complexity index is 589. The maximum absolute atomic E-state index is 13.8. The van der Waals surface area contributed by atoms with Crippen LogP contribution < -0.4 is 10.5 Å². The van der Waals surface area contributed by atoms with E-state index in [0.29, 0.717) is 4.47 Å². The van der Waals surface area contributed by atoms with Crippen LogP contribution in [0.1, 0.15) is 19.8 Å². The summed E-state index contributed by atoms with van der Waals surface area (Å²) in [7, 11) is -3.91. The Morgan fingerprint density at radius 1 is 1.53 bits per heavy atom. The van der Waals surface area contributed by atoms with E-state index in [-0.39, 0.29) is 17.4 Å². The Morgan fingerprint density at radius 2 is 2.16 bits per heavy atom. The lowest BCUT2D eigenvalue weighted by Gasteiger charge is -2.29. The number of hydrogen-bond donors (Lipinski definition) is 2. The molecular weight excluding hydrogens is 335 g/mol. The minimum Gasteiger partial charge on any atom is -0.329 e. The Balaban J connectivity index is 2.32. The molecule has 1 aromatic carbocycles. The molecule has 4 nitrogen and oxygen atoms in total. The maximum atomic E-state index is 13.8. The first-order chi connectivity index (χ1) is 8.78. The molecule has 19 heavy (non-hydrogen) atoms. The molecule has 0 aromatic heterocycles. The summed E-state index contributed by atoms with van der Waals surface area (Å²) in [6.45, 7) is 1.95. The number of halogens is 2. The van der Waals surface area contributed by atoms with Gasteiger partial charge in [0.2, 0.25) is 10.0 Å². The molecule has 0 saturated heterocycles. The summed E-state index contributed by atoms with van der Waals surface area (Å²) in [5.41, 5.74) is 4.96. The second-order valence-corrected chi connectivity index (χ2v) is 7.64. The number of nitrogens with two attached hydrogens (primary N) is 1. The van der Waals surface area contributed by atoms with Crippen molar-refractivity contribution in [3.05, 3.63) is 28.5 Å². The molecule has 0 spiro atoms. The van der Waals surface area contributed by atoms with Gasteiger partial charge in [0.05, 0.1) is 0 Å². The Kier molecular flexibility index (Phi) is 4.02. The molecule has 0 aliphatic heterocycles. The molecule has 0 radical (unpaired) electrons. The maximum Gasteiger partial charge on any atom is 0.244 e. The molecule has 3 N–H and O–H groups in total. The van der Waals surface area contributed by atoms with Crippen molar-refractivity contribution in [2.45, 2.75) is 30.2 Å². The summed E-state index contributed by atoms with van der Waals surface area (Å²) >= 11 is 3.10. The van der Waals surface area contributed by atoms with Crippen LogP contribution in [0.15, 0.2) is 27.6 Å². The zero-order valence-corrected chi connectivity index (χ0v) is 12.9. The van der Waals surface area contributed by atoms with Gasteiger partial charge in [0.15, 0.2) is 0 Å². The number of nitrogens with one attached hydrogen (secondary N) is 1. The van der Waals surface area contributed by atoms with Crippen molar-refractivity contribution in [3.63, 3.8) is 0 Å². The molecule has 1 atom stereocenters. The van der Waals surface area contributed by atoms with E-state index < -0.39 is 21.4 Å². The van der Waals surface area contributed by atoms with Gasteiger partial charge in [-0.05, 0) is 43.9 Å². The lowest BCUT2D eigenvalue weighted by Crippen LogP contribution is -2.53. The topological polar surface area (TPSA) is 72.2 Å². The fourth-order valence-corrected chi connectivity index (χ4v) is 3.94. The minimum absolute atomic E-state index is 0.190.